The van der Waals surface area contributed by atoms with E-state index in [1.807, 2.05) is 13.0 Å². The molecule has 5 heteroatoms. The second-order valence-corrected chi connectivity index (χ2v) is 4.84. The van der Waals surface area contributed by atoms with E-state index in [0.717, 1.165) is 18.0 Å². The van der Waals surface area contributed by atoms with Crippen LogP contribution in [-0.2, 0) is 11.4 Å². The predicted octanol–water partition coefficient (Wildman–Crippen LogP) is 1.58. The molecule has 0 amide bonds. The smallest absolute Gasteiger partial charge is 0.177 e. The van der Waals surface area contributed by atoms with Crippen LogP contribution in [0, 0.1) is 12.8 Å². The molecule has 3 fully saturated rings. The van der Waals surface area contributed by atoms with E-state index < -0.39 is 0 Å². The van der Waals surface area contributed by atoms with Gasteiger partial charge in [-0.3, -0.25) is 4.90 Å². The summed E-state index contributed by atoms with van der Waals surface area (Å²) in [4.78, 5) is 7.78. The number of piperidine rings is 3. The zero-order chi connectivity index (χ0) is 11.7. The van der Waals surface area contributed by atoms with Gasteiger partial charge in [0.05, 0.1) is 11.4 Å². The second-order valence-electron chi connectivity index (χ2n) is 4.84. The summed E-state index contributed by atoms with van der Waals surface area (Å²) in [6.45, 7) is 5.67. The maximum Gasteiger partial charge on any atom is 0.177 e. The lowest BCUT2D eigenvalue weighted by Crippen LogP contribution is -2.47. The number of nitrogens with zero attached hydrogens (tertiary/aromatic N) is 3. The van der Waals surface area contributed by atoms with Gasteiger partial charge in [-0.25, -0.2) is 0 Å². The average Bonchev–Trinajstić information content (AvgIpc) is 2.77. The fourth-order valence-corrected chi connectivity index (χ4v) is 2.55. The third-order valence-electron chi connectivity index (χ3n) is 3.51. The molecule has 92 valence electrons. The molecule has 0 N–H and O–H groups in total. The zero-order valence-electron chi connectivity index (χ0n) is 10.1. The Labute approximate surface area is 100 Å². The van der Waals surface area contributed by atoms with Crippen LogP contribution in [0.3, 0.4) is 0 Å². The van der Waals surface area contributed by atoms with E-state index in [0.29, 0.717) is 12.5 Å². The Morgan fingerprint density at radius 1 is 1.53 bits per heavy atom. The van der Waals surface area contributed by atoms with Gasteiger partial charge < -0.3 is 9.36 Å². The van der Waals surface area contributed by atoms with Crippen molar-refractivity contribution in [2.24, 2.45) is 11.1 Å². The van der Waals surface area contributed by atoms with Gasteiger partial charge in [0, 0.05) is 18.5 Å². The summed E-state index contributed by atoms with van der Waals surface area (Å²) >= 11 is 0. The molecule has 0 spiro atoms. The highest BCUT2D eigenvalue weighted by atomic mass is 16.6. The van der Waals surface area contributed by atoms with Gasteiger partial charge in [-0.1, -0.05) is 10.3 Å². The molecule has 4 heterocycles. The van der Waals surface area contributed by atoms with Crippen molar-refractivity contribution in [1.29, 1.82) is 0 Å². The molecular formula is C12H17N3O2. The number of oxime groups is 1. The van der Waals surface area contributed by atoms with Crippen LogP contribution in [0.4, 0.5) is 0 Å². The topological polar surface area (TPSA) is 50.9 Å². The SMILES string of the molecule is Cc1cc(CON=C2CN3CCC2CC3)on1. The summed E-state index contributed by atoms with van der Waals surface area (Å²) in [5, 5.41) is 8.07. The van der Waals surface area contributed by atoms with E-state index in [9.17, 15) is 0 Å². The van der Waals surface area contributed by atoms with Gasteiger partial charge in [0.2, 0.25) is 0 Å². The number of rotatable bonds is 3. The van der Waals surface area contributed by atoms with Crippen molar-refractivity contribution in [1.82, 2.24) is 10.1 Å². The molecule has 0 radical (unpaired) electrons. The van der Waals surface area contributed by atoms with Crippen LogP contribution < -0.4 is 0 Å². The third-order valence-corrected chi connectivity index (χ3v) is 3.51. The molecule has 3 saturated heterocycles. The maximum absolute atomic E-state index is 5.35. The summed E-state index contributed by atoms with van der Waals surface area (Å²) < 4.78 is 5.06. The zero-order valence-corrected chi connectivity index (χ0v) is 10.1. The van der Waals surface area contributed by atoms with Gasteiger partial charge in [0.1, 0.15) is 0 Å². The molecule has 5 nitrogen and oxygen atoms in total. The first-order chi connectivity index (χ1) is 8.31. The van der Waals surface area contributed by atoms with Crippen LogP contribution in [-0.4, -0.2) is 35.4 Å². The molecule has 0 unspecified atom stereocenters. The number of hydrogen-bond acceptors (Lipinski definition) is 5. The van der Waals surface area contributed by atoms with Crippen LogP contribution in [0.25, 0.3) is 0 Å². The Morgan fingerprint density at radius 2 is 2.35 bits per heavy atom. The van der Waals surface area contributed by atoms with Crippen LogP contribution in [0.1, 0.15) is 24.3 Å². The fraction of sp³-hybridized carbons (Fsp3) is 0.667. The van der Waals surface area contributed by atoms with Crippen molar-refractivity contribution in [2.45, 2.75) is 26.4 Å². The van der Waals surface area contributed by atoms with Crippen molar-refractivity contribution in [3.05, 3.63) is 17.5 Å². The Morgan fingerprint density at radius 3 is 2.94 bits per heavy atom. The monoisotopic (exact) mass is 235 g/mol. The van der Waals surface area contributed by atoms with Gasteiger partial charge >= 0.3 is 0 Å². The van der Waals surface area contributed by atoms with Crippen LogP contribution in [0.15, 0.2) is 15.7 Å². The lowest BCUT2D eigenvalue weighted by Gasteiger charge is -2.39. The van der Waals surface area contributed by atoms with Gasteiger partial charge in [0.15, 0.2) is 12.4 Å². The predicted molar refractivity (Wildman–Crippen MR) is 62.6 cm³/mol. The van der Waals surface area contributed by atoms with Crippen molar-refractivity contribution in [3.63, 3.8) is 0 Å². The molecule has 0 aromatic carbocycles. The molecule has 0 aliphatic carbocycles. The van der Waals surface area contributed by atoms with Crippen molar-refractivity contribution >= 4 is 5.71 Å². The third kappa shape index (κ3) is 2.34. The van der Waals surface area contributed by atoms with Crippen molar-refractivity contribution in [3.8, 4) is 0 Å². The van der Waals surface area contributed by atoms with Crippen LogP contribution in [0.5, 0.6) is 0 Å². The van der Waals surface area contributed by atoms with E-state index in [2.05, 4.69) is 15.2 Å². The normalized spacial score (nSPS) is 29.8. The Bertz CT molecular complexity index is 419. The van der Waals surface area contributed by atoms with Crippen molar-refractivity contribution < 1.29 is 9.36 Å². The van der Waals surface area contributed by atoms with Gasteiger partial charge in [0.25, 0.3) is 0 Å². The van der Waals surface area contributed by atoms with E-state index >= 15 is 0 Å². The van der Waals surface area contributed by atoms with E-state index in [4.69, 9.17) is 9.36 Å². The van der Waals surface area contributed by atoms with E-state index in [-0.39, 0.29) is 0 Å². The number of fused-ring (bicyclic) bond motifs is 3. The lowest BCUT2D eigenvalue weighted by molar-refractivity contribution is 0.100. The molecule has 0 saturated carbocycles. The molecule has 4 rings (SSSR count). The van der Waals surface area contributed by atoms with E-state index in [1.54, 1.807) is 0 Å². The number of aromatic nitrogens is 1. The molecule has 3 aliphatic rings. The van der Waals surface area contributed by atoms with Gasteiger partial charge in [-0.05, 0) is 32.9 Å². The minimum absolute atomic E-state index is 0.372. The number of hydrogen-bond donors (Lipinski definition) is 0. The first kappa shape index (κ1) is 10.8. The summed E-state index contributed by atoms with van der Waals surface area (Å²) in [6, 6.07) is 1.87. The molecule has 1 aromatic heterocycles. The minimum atomic E-state index is 0.372. The van der Waals surface area contributed by atoms with E-state index in [1.165, 1.54) is 31.6 Å². The van der Waals surface area contributed by atoms with Crippen LogP contribution >= 0.6 is 0 Å². The summed E-state index contributed by atoms with van der Waals surface area (Å²) in [6.07, 6.45) is 2.45. The fourth-order valence-electron chi connectivity index (χ4n) is 2.55. The Hall–Kier alpha value is -1.36. The molecule has 2 bridgehead atoms. The molecule has 1 aromatic rings. The first-order valence-corrected chi connectivity index (χ1v) is 6.14. The highest BCUT2D eigenvalue weighted by Gasteiger charge is 2.31. The molecule has 0 atom stereocenters. The lowest BCUT2D eigenvalue weighted by atomic mass is 9.87. The second kappa shape index (κ2) is 4.49. The minimum Gasteiger partial charge on any atom is -0.387 e. The Kier molecular flexibility index (Phi) is 2.84. The molecule has 17 heavy (non-hydrogen) atoms. The highest BCUT2D eigenvalue weighted by molar-refractivity contribution is 5.89. The molecule has 3 aliphatic heterocycles. The summed E-state index contributed by atoms with van der Waals surface area (Å²) in [7, 11) is 0. The highest BCUT2D eigenvalue weighted by Crippen LogP contribution is 2.25. The maximum atomic E-state index is 5.35. The largest absolute Gasteiger partial charge is 0.387 e. The standard InChI is InChI=1S/C12H17N3O2/c1-9-6-11(17-13-9)8-16-14-12-7-15-4-2-10(12)3-5-15/h6,10H,2-5,7-8H2,1H3. The van der Waals surface area contributed by atoms with Crippen LogP contribution in [0.2, 0.25) is 0 Å². The van der Waals surface area contributed by atoms with Gasteiger partial charge in [-0.2, -0.15) is 0 Å². The van der Waals surface area contributed by atoms with Gasteiger partial charge in [-0.15, -0.1) is 0 Å². The summed E-state index contributed by atoms with van der Waals surface area (Å²) in [5.74, 6) is 1.37. The molecular weight excluding hydrogens is 218 g/mol. The van der Waals surface area contributed by atoms with Crippen molar-refractivity contribution in [2.75, 3.05) is 19.6 Å². The first-order valence-electron chi connectivity index (χ1n) is 6.14. The summed E-state index contributed by atoms with van der Waals surface area (Å²) in [5.41, 5.74) is 2.07. The quantitative estimate of drug-likeness (QED) is 0.746. The average molecular weight is 235 g/mol. The Balaban J connectivity index is 1.56. The number of aryl methyl sites for hydroxylation is 1.